The number of nitrogens with zero attached hydrogens (tertiary/aromatic N) is 3. The summed E-state index contributed by atoms with van der Waals surface area (Å²) in [5, 5.41) is 0. The molecule has 0 radical (unpaired) electrons. The van der Waals surface area contributed by atoms with E-state index in [4.69, 9.17) is 4.74 Å². The average molecular weight is 311 g/mol. The summed E-state index contributed by atoms with van der Waals surface area (Å²) in [6.45, 7) is 6.68. The van der Waals surface area contributed by atoms with Gasteiger partial charge in [-0.3, -0.25) is 4.90 Å². The molecule has 4 heteroatoms. The second kappa shape index (κ2) is 8.09. The van der Waals surface area contributed by atoms with Crippen LogP contribution in [0.5, 0.6) is 5.88 Å². The van der Waals surface area contributed by atoms with Crippen LogP contribution in [0.3, 0.4) is 0 Å². The number of hydrogen-bond acceptors (Lipinski definition) is 4. The minimum Gasteiger partial charge on any atom is -0.481 e. The lowest BCUT2D eigenvalue weighted by atomic mass is 10.1. The normalized spacial score (nSPS) is 16.4. The van der Waals surface area contributed by atoms with Crippen molar-refractivity contribution in [1.29, 1.82) is 0 Å². The van der Waals surface area contributed by atoms with Gasteiger partial charge in [-0.2, -0.15) is 0 Å². The molecule has 0 unspecified atom stereocenters. The minimum atomic E-state index is 0.698. The number of rotatable bonds is 6. The fourth-order valence-corrected chi connectivity index (χ4v) is 3.02. The van der Waals surface area contributed by atoms with Gasteiger partial charge in [-0.15, -0.1) is 0 Å². The number of aromatic nitrogens is 1. The molecule has 1 aromatic heterocycles. The molecule has 0 amide bonds. The highest BCUT2D eigenvalue weighted by Gasteiger charge is 2.16. The zero-order chi connectivity index (χ0) is 15.9. The van der Waals surface area contributed by atoms with Crippen LogP contribution in [0, 0.1) is 0 Å². The van der Waals surface area contributed by atoms with E-state index in [9.17, 15) is 0 Å². The molecule has 3 rings (SSSR count). The number of ether oxygens (including phenoxy) is 1. The van der Waals surface area contributed by atoms with Crippen LogP contribution in [0.4, 0.5) is 0 Å². The van der Waals surface area contributed by atoms with Crippen molar-refractivity contribution in [3.05, 3.63) is 59.8 Å². The van der Waals surface area contributed by atoms with Crippen molar-refractivity contribution in [3.63, 3.8) is 0 Å². The van der Waals surface area contributed by atoms with Crippen molar-refractivity contribution in [1.82, 2.24) is 14.8 Å². The maximum Gasteiger partial charge on any atom is 0.213 e. The van der Waals surface area contributed by atoms with E-state index in [2.05, 4.69) is 51.2 Å². The van der Waals surface area contributed by atoms with Crippen molar-refractivity contribution < 1.29 is 4.74 Å². The third-order valence-corrected chi connectivity index (χ3v) is 4.44. The third-order valence-electron chi connectivity index (χ3n) is 4.44. The Labute approximate surface area is 138 Å². The molecular weight excluding hydrogens is 286 g/mol. The molecule has 1 aromatic carbocycles. The molecule has 1 saturated heterocycles. The fraction of sp³-hybridized carbons (Fsp3) is 0.421. The van der Waals surface area contributed by atoms with Crippen molar-refractivity contribution in [3.8, 4) is 5.88 Å². The first-order chi connectivity index (χ1) is 11.3. The molecule has 1 fully saturated rings. The molecule has 1 aliphatic heterocycles. The molecule has 4 nitrogen and oxygen atoms in total. The van der Waals surface area contributed by atoms with Gasteiger partial charge in [0.1, 0.15) is 0 Å². The van der Waals surface area contributed by atoms with Crippen LogP contribution in [-0.4, -0.2) is 54.6 Å². The van der Waals surface area contributed by atoms with E-state index in [1.807, 2.05) is 12.3 Å². The lowest BCUT2D eigenvalue weighted by Gasteiger charge is -2.34. The highest BCUT2D eigenvalue weighted by Crippen LogP contribution is 2.13. The van der Waals surface area contributed by atoms with Gasteiger partial charge in [0.2, 0.25) is 5.88 Å². The second-order valence-electron chi connectivity index (χ2n) is 6.06. The second-order valence-corrected chi connectivity index (χ2v) is 6.06. The molecule has 0 aliphatic carbocycles. The van der Waals surface area contributed by atoms with Gasteiger partial charge in [-0.05, 0) is 23.6 Å². The topological polar surface area (TPSA) is 28.6 Å². The summed E-state index contributed by atoms with van der Waals surface area (Å²) < 4.78 is 5.20. The molecule has 23 heavy (non-hydrogen) atoms. The molecule has 1 aliphatic rings. The predicted molar refractivity (Wildman–Crippen MR) is 92.7 cm³/mol. The van der Waals surface area contributed by atoms with Gasteiger partial charge in [0.15, 0.2) is 0 Å². The van der Waals surface area contributed by atoms with Gasteiger partial charge in [-0.1, -0.05) is 30.3 Å². The Morgan fingerprint density at radius 2 is 1.70 bits per heavy atom. The van der Waals surface area contributed by atoms with Gasteiger partial charge in [0.05, 0.1) is 7.11 Å². The van der Waals surface area contributed by atoms with E-state index >= 15 is 0 Å². The number of hydrogen-bond donors (Lipinski definition) is 0. The van der Waals surface area contributed by atoms with E-state index in [0.29, 0.717) is 5.88 Å². The van der Waals surface area contributed by atoms with Gasteiger partial charge < -0.3 is 9.64 Å². The van der Waals surface area contributed by atoms with Crippen LogP contribution < -0.4 is 4.74 Å². The average Bonchev–Trinajstić information content (AvgIpc) is 2.62. The maximum atomic E-state index is 5.20. The predicted octanol–water partition coefficient (Wildman–Crippen LogP) is 2.45. The molecule has 0 atom stereocenters. The van der Waals surface area contributed by atoms with E-state index < -0.39 is 0 Å². The zero-order valence-corrected chi connectivity index (χ0v) is 13.8. The molecule has 122 valence electrons. The fourth-order valence-electron chi connectivity index (χ4n) is 3.02. The SMILES string of the molecule is COc1cc(CN2CCN(CCc3ccccc3)CC2)ccn1. The van der Waals surface area contributed by atoms with Crippen LogP contribution in [0.2, 0.25) is 0 Å². The van der Waals surface area contributed by atoms with E-state index in [0.717, 1.165) is 45.7 Å². The summed E-state index contributed by atoms with van der Waals surface area (Å²) in [6.07, 6.45) is 2.96. The first-order valence-electron chi connectivity index (χ1n) is 8.31. The Balaban J connectivity index is 1.43. The Hall–Kier alpha value is -1.91. The molecule has 0 bridgehead atoms. The van der Waals surface area contributed by atoms with Crippen molar-refractivity contribution in [2.24, 2.45) is 0 Å². The van der Waals surface area contributed by atoms with E-state index in [1.165, 1.54) is 11.1 Å². The molecule has 0 N–H and O–H groups in total. The Morgan fingerprint density at radius 1 is 0.957 bits per heavy atom. The minimum absolute atomic E-state index is 0.698. The van der Waals surface area contributed by atoms with Crippen LogP contribution in [-0.2, 0) is 13.0 Å². The van der Waals surface area contributed by atoms with Gasteiger partial charge in [0.25, 0.3) is 0 Å². The van der Waals surface area contributed by atoms with Crippen LogP contribution in [0.1, 0.15) is 11.1 Å². The third kappa shape index (κ3) is 4.78. The quantitative estimate of drug-likeness (QED) is 0.819. The largest absolute Gasteiger partial charge is 0.481 e. The summed E-state index contributed by atoms with van der Waals surface area (Å²) in [5.74, 6) is 0.698. The number of methoxy groups -OCH3 is 1. The van der Waals surface area contributed by atoms with Gasteiger partial charge in [0, 0.05) is 51.5 Å². The molecule has 2 aromatic rings. The van der Waals surface area contributed by atoms with E-state index in [-0.39, 0.29) is 0 Å². The van der Waals surface area contributed by atoms with Crippen LogP contribution in [0.15, 0.2) is 48.7 Å². The highest BCUT2D eigenvalue weighted by atomic mass is 16.5. The molecule has 0 saturated carbocycles. The van der Waals surface area contributed by atoms with Gasteiger partial charge >= 0.3 is 0 Å². The maximum absolute atomic E-state index is 5.20. The summed E-state index contributed by atoms with van der Waals surface area (Å²) in [4.78, 5) is 9.24. The molecule has 0 spiro atoms. The van der Waals surface area contributed by atoms with E-state index in [1.54, 1.807) is 7.11 Å². The summed E-state index contributed by atoms with van der Waals surface area (Å²) in [7, 11) is 1.66. The first kappa shape index (κ1) is 16.0. The monoisotopic (exact) mass is 311 g/mol. The van der Waals surface area contributed by atoms with Gasteiger partial charge in [-0.25, -0.2) is 4.98 Å². The van der Waals surface area contributed by atoms with Crippen LogP contribution >= 0.6 is 0 Å². The lowest BCUT2D eigenvalue weighted by molar-refractivity contribution is 0.128. The van der Waals surface area contributed by atoms with Crippen LogP contribution in [0.25, 0.3) is 0 Å². The first-order valence-corrected chi connectivity index (χ1v) is 8.31. The Bertz CT molecular complexity index is 595. The number of pyridine rings is 1. The molecular formula is C19H25N3O. The standard InChI is InChI=1S/C19H25N3O/c1-23-19-15-18(7-9-20-19)16-22-13-11-21(12-14-22)10-8-17-5-3-2-4-6-17/h2-7,9,15H,8,10-14,16H2,1H3. The Morgan fingerprint density at radius 3 is 2.43 bits per heavy atom. The molecule has 2 heterocycles. The summed E-state index contributed by atoms with van der Waals surface area (Å²) in [5.41, 5.74) is 2.70. The van der Waals surface area contributed by atoms with Crippen molar-refractivity contribution in [2.75, 3.05) is 39.8 Å². The highest BCUT2D eigenvalue weighted by molar-refractivity contribution is 5.20. The van der Waals surface area contributed by atoms with Crippen molar-refractivity contribution in [2.45, 2.75) is 13.0 Å². The lowest BCUT2D eigenvalue weighted by Crippen LogP contribution is -2.46. The number of piperazine rings is 1. The smallest absolute Gasteiger partial charge is 0.213 e. The Kier molecular flexibility index (Phi) is 5.61. The summed E-state index contributed by atoms with van der Waals surface area (Å²) in [6, 6.07) is 14.9. The number of benzene rings is 1. The summed E-state index contributed by atoms with van der Waals surface area (Å²) >= 11 is 0. The zero-order valence-electron chi connectivity index (χ0n) is 13.8. The van der Waals surface area contributed by atoms with Crippen molar-refractivity contribution >= 4 is 0 Å².